The molecular formula is C18H13ClIN3O2S. The number of halogens is 2. The molecule has 0 aliphatic carbocycles. The second-order valence-electron chi connectivity index (χ2n) is 5.22. The number of rotatable bonds is 4. The highest BCUT2D eigenvalue weighted by molar-refractivity contribution is 14.1. The fourth-order valence-electron chi connectivity index (χ4n) is 2.10. The van der Waals surface area contributed by atoms with E-state index in [9.17, 15) is 4.79 Å². The van der Waals surface area contributed by atoms with Crippen LogP contribution in [0.3, 0.4) is 0 Å². The normalized spacial score (nSPS) is 10.2. The molecule has 0 bridgehead atoms. The molecule has 8 heteroatoms. The van der Waals surface area contributed by atoms with Gasteiger partial charge in [-0.1, -0.05) is 11.6 Å². The Bertz CT molecular complexity index is 930. The summed E-state index contributed by atoms with van der Waals surface area (Å²) in [6, 6.07) is 16.0. The second-order valence-corrected chi connectivity index (χ2v) is 7.19. The van der Waals surface area contributed by atoms with Crippen molar-refractivity contribution < 1.29 is 9.21 Å². The van der Waals surface area contributed by atoms with Gasteiger partial charge in [0.15, 0.2) is 10.9 Å². The van der Waals surface area contributed by atoms with E-state index in [1.807, 2.05) is 30.3 Å². The van der Waals surface area contributed by atoms with Crippen molar-refractivity contribution in [2.45, 2.75) is 0 Å². The third-order valence-corrected chi connectivity index (χ3v) is 5.10. The van der Waals surface area contributed by atoms with E-state index in [0.717, 1.165) is 14.9 Å². The third-order valence-electron chi connectivity index (χ3n) is 3.32. The highest BCUT2D eigenvalue weighted by atomic mass is 127. The van der Waals surface area contributed by atoms with Crippen molar-refractivity contribution in [2.24, 2.45) is 0 Å². The number of anilines is 3. The highest BCUT2D eigenvalue weighted by Gasteiger charge is 2.08. The van der Waals surface area contributed by atoms with Crippen LogP contribution in [-0.2, 0) is 0 Å². The van der Waals surface area contributed by atoms with Crippen LogP contribution in [0.25, 0.3) is 0 Å². The molecule has 0 unspecified atom stereocenters. The average molecular weight is 498 g/mol. The van der Waals surface area contributed by atoms with Crippen molar-refractivity contribution in [3.05, 3.63) is 75.2 Å². The fraction of sp³-hybridized carbons (Fsp3) is 0. The maximum Gasteiger partial charge on any atom is 0.291 e. The molecule has 1 heterocycles. The van der Waals surface area contributed by atoms with E-state index in [1.165, 1.54) is 6.26 Å². The van der Waals surface area contributed by atoms with Gasteiger partial charge in [-0.05, 0) is 89.4 Å². The van der Waals surface area contributed by atoms with Gasteiger partial charge in [0.2, 0.25) is 0 Å². The maximum atomic E-state index is 11.9. The van der Waals surface area contributed by atoms with E-state index >= 15 is 0 Å². The molecule has 2 aromatic carbocycles. The molecule has 3 aromatic rings. The highest BCUT2D eigenvalue weighted by Crippen LogP contribution is 2.22. The lowest BCUT2D eigenvalue weighted by Gasteiger charge is -2.12. The number of benzene rings is 2. The Kier molecular flexibility index (Phi) is 6.12. The van der Waals surface area contributed by atoms with Crippen molar-refractivity contribution in [3.63, 3.8) is 0 Å². The maximum absolute atomic E-state index is 11.9. The SMILES string of the molecule is O=C(Nc1ccc(NC(=S)Nc2ccc(I)c(Cl)c2)cc1)c1ccco1. The van der Waals surface area contributed by atoms with Crippen LogP contribution < -0.4 is 16.0 Å². The standard InChI is InChI=1S/C18H13ClIN3O2S/c19-14-10-13(7-8-15(14)20)23-18(26)22-12-5-3-11(4-6-12)21-17(24)16-2-1-9-25-16/h1-10H,(H,21,24)(H2,22,23,26). The Labute approximate surface area is 174 Å². The van der Waals surface area contributed by atoms with Gasteiger partial charge in [0.1, 0.15) is 0 Å². The first-order valence-corrected chi connectivity index (χ1v) is 9.36. The topological polar surface area (TPSA) is 66.3 Å². The molecule has 0 radical (unpaired) electrons. The summed E-state index contributed by atoms with van der Waals surface area (Å²) < 4.78 is 6.03. The number of hydrogen-bond donors (Lipinski definition) is 3. The summed E-state index contributed by atoms with van der Waals surface area (Å²) in [5, 5.41) is 10.0. The van der Waals surface area contributed by atoms with Crippen LogP contribution >= 0.6 is 46.4 Å². The number of carbonyl (C=O) groups excluding carboxylic acids is 1. The molecule has 0 atom stereocenters. The van der Waals surface area contributed by atoms with Crippen LogP contribution in [0.1, 0.15) is 10.6 Å². The van der Waals surface area contributed by atoms with Gasteiger partial charge in [-0.25, -0.2) is 0 Å². The van der Waals surface area contributed by atoms with Crippen LogP contribution in [0.5, 0.6) is 0 Å². The summed E-state index contributed by atoms with van der Waals surface area (Å²) >= 11 is 13.6. The number of amides is 1. The molecule has 0 saturated heterocycles. The minimum absolute atomic E-state index is 0.258. The zero-order chi connectivity index (χ0) is 18.5. The first-order chi connectivity index (χ1) is 12.5. The molecule has 5 nitrogen and oxygen atoms in total. The predicted molar refractivity (Wildman–Crippen MR) is 117 cm³/mol. The smallest absolute Gasteiger partial charge is 0.291 e. The van der Waals surface area contributed by atoms with Crippen molar-refractivity contribution in [1.29, 1.82) is 0 Å². The Morgan fingerprint density at radius 3 is 2.19 bits per heavy atom. The van der Waals surface area contributed by atoms with E-state index in [4.69, 9.17) is 28.2 Å². The lowest BCUT2D eigenvalue weighted by molar-refractivity contribution is 0.0996. The Morgan fingerprint density at radius 2 is 1.58 bits per heavy atom. The molecule has 1 aromatic heterocycles. The van der Waals surface area contributed by atoms with Crippen molar-refractivity contribution >= 4 is 74.5 Å². The second kappa shape index (κ2) is 8.52. The first-order valence-electron chi connectivity index (χ1n) is 7.49. The zero-order valence-electron chi connectivity index (χ0n) is 13.3. The van der Waals surface area contributed by atoms with Gasteiger partial charge in [0.05, 0.1) is 11.3 Å². The quantitative estimate of drug-likeness (QED) is 0.323. The van der Waals surface area contributed by atoms with Gasteiger partial charge in [-0.2, -0.15) is 0 Å². The number of carbonyl (C=O) groups is 1. The molecule has 0 aliphatic heterocycles. The summed E-state index contributed by atoms with van der Waals surface area (Å²) in [5.74, 6) is -0.0442. The van der Waals surface area contributed by atoms with E-state index in [-0.39, 0.29) is 11.7 Å². The minimum atomic E-state index is -0.302. The minimum Gasteiger partial charge on any atom is -0.459 e. The number of hydrogen-bond acceptors (Lipinski definition) is 3. The van der Waals surface area contributed by atoms with Gasteiger partial charge in [-0.3, -0.25) is 4.79 Å². The van der Waals surface area contributed by atoms with Gasteiger partial charge in [0, 0.05) is 20.6 Å². The number of thiocarbonyl (C=S) groups is 1. The van der Waals surface area contributed by atoms with Gasteiger partial charge < -0.3 is 20.4 Å². The Hall–Kier alpha value is -2.10. The van der Waals surface area contributed by atoms with Gasteiger partial charge in [0.25, 0.3) is 5.91 Å². The molecule has 132 valence electrons. The number of nitrogens with one attached hydrogen (secondary N) is 3. The van der Waals surface area contributed by atoms with Crippen LogP contribution in [0.2, 0.25) is 5.02 Å². The predicted octanol–water partition coefficient (Wildman–Crippen LogP) is 5.60. The Balaban J connectivity index is 1.57. The molecule has 0 spiro atoms. The van der Waals surface area contributed by atoms with Crippen molar-refractivity contribution in [1.82, 2.24) is 0 Å². The summed E-state index contributed by atoms with van der Waals surface area (Å²) in [6.45, 7) is 0. The molecule has 0 saturated carbocycles. The molecule has 0 fully saturated rings. The van der Waals surface area contributed by atoms with Crippen LogP contribution in [0, 0.1) is 3.57 Å². The molecule has 0 aliphatic rings. The summed E-state index contributed by atoms with van der Waals surface area (Å²) in [5.41, 5.74) is 2.24. The molecule has 26 heavy (non-hydrogen) atoms. The summed E-state index contributed by atoms with van der Waals surface area (Å²) in [7, 11) is 0. The van der Waals surface area contributed by atoms with Crippen LogP contribution in [0.15, 0.2) is 65.3 Å². The summed E-state index contributed by atoms with van der Waals surface area (Å²) in [4.78, 5) is 11.9. The zero-order valence-corrected chi connectivity index (χ0v) is 17.0. The van der Waals surface area contributed by atoms with Crippen LogP contribution in [-0.4, -0.2) is 11.0 Å². The monoisotopic (exact) mass is 497 g/mol. The first kappa shape index (κ1) is 18.7. The molecule has 3 rings (SSSR count). The number of furan rings is 1. The molecule has 3 N–H and O–H groups in total. The van der Waals surface area contributed by atoms with Gasteiger partial charge in [-0.15, -0.1) is 0 Å². The largest absolute Gasteiger partial charge is 0.459 e. The lowest BCUT2D eigenvalue weighted by Crippen LogP contribution is -2.19. The van der Waals surface area contributed by atoms with E-state index in [0.29, 0.717) is 15.8 Å². The van der Waals surface area contributed by atoms with Crippen molar-refractivity contribution in [2.75, 3.05) is 16.0 Å². The third kappa shape index (κ3) is 4.96. The Morgan fingerprint density at radius 1 is 0.962 bits per heavy atom. The van der Waals surface area contributed by atoms with E-state index < -0.39 is 0 Å². The van der Waals surface area contributed by atoms with Crippen molar-refractivity contribution in [3.8, 4) is 0 Å². The lowest BCUT2D eigenvalue weighted by atomic mass is 10.2. The van der Waals surface area contributed by atoms with E-state index in [2.05, 4.69) is 38.5 Å². The summed E-state index contributed by atoms with van der Waals surface area (Å²) in [6.07, 6.45) is 1.46. The molecule has 1 amide bonds. The van der Waals surface area contributed by atoms with Crippen LogP contribution in [0.4, 0.5) is 17.1 Å². The average Bonchev–Trinajstić information content (AvgIpc) is 3.15. The van der Waals surface area contributed by atoms with Gasteiger partial charge >= 0.3 is 0 Å². The van der Waals surface area contributed by atoms with E-state index in [1.54, 1.807) is 24.3 Å². The molecular weight excluding hydrogens is 485 g/mol. The fourth-order valence-corrected chi connectivity index (χ4v) is 2.86.